The molecule has 1 rings (SSSR count). The Bertz CT molecular complexity index is 398. The number of methoxy groups -OCH3 is 1. The second-order valence-corrected chi connectivity index (χ2v) is 4.49. The fraction of sp³-hybridized carbons (Fsp3) is 0.462. The molecule has 0 bridgehead atoms. The maximum atomic E-state index is 11.4. The van der Waals surface area contributed by atoms with Crippen LogP contribution in [0.3, 0.4) is 0 Å². The third-order valence-corrected chi connectivity index (χ3v) is 3.03. The Hall–Kier alpha value is -1.39. The molecule has 17 heavy (non-hydrogen) atoms. The van der Waals surface area contributed by atoms with E-state index in [4.69, 9.17) is 5.11 Å². The number of esters is 1. The SMILES string of the molecule is COC(=O)c1cccc(C(C)(C)C(O)CO)c1. The van der Waals surface area contributed by atoms with Gasteiger partial charge < -0.3 is 14.9 Å². The molecular weight excluding hydrogens is 220 g/mol. The number of carbonyl (C=O) groups excluding carboxylic acids is 1. The second kappa shape index (κ2) is 5.29. The van der Waals surface area contributed by atoms with Crippen molar-refractivity contribution in [2.45, 2.75) is 25.4 Å². The Balaban J connectivity index is 3.11. The van der Waals surface area contributed by atoms with Crippen LogP contribution in [0, 0.1) is 0 Å². The number of rotatable bonds is 4. The van der Waals surface area contributed by atoms with Crippen LogP contribution in [0.1, 0.15) is 29.8 Å². The number of benzene rings is 1. The van der Waals surface area contributed by atoms with E-state index in [0.29, 0.717) is 5.56 Å². The van der Waals surface area contributed by atoms with Gasteiger partial charge in [-0.1, -0.05) is 26.0 Å². The lowest BCUT2D eigenvalue weighted by molar-refractivity contribution is 0.0410. The molecule has 0 aliphatic heterocycles. The van der Waals surface area contributed by atoms with E-state index in [1.165, 1.54) is 7.11 Å². The van der Waals surface area contributed by atoms with Gasteiger partial charge in [0.15, 0.2) is 0 Å². The minimum Gasteiger partial charge on any atom is -0.465 e. The number of carbonyl (C=O) groups is 1. The summed E-state index contributed by atoms with van der Waals surface area (Å²) in [7, 11) is 1.32. The number of hydrogen-bond acceptors (Lipinski definition) is 4. The van der Waals surface area contributed by atoms with Crippen molar-refractivity contribution in [2.24, 2.45) is 0 Å². The maximum Gasteiger partial charge on any atom is 0.337 e. The van der Waals surface area contributed by atoms with Crippen molar-refractivity contribution < 1.29 is 19.7 Å². The van der Waals surface area contributed by atoms with Gasteiger partial charge in [-0.3, -0.25) is 0 Å². The third kappa shape index (κ3) is 2.84. The Labute approximate surface area is 101 Å². The normalized spacial score (nSPS) is 13.2. The summed E-state index contributed by atoms with van der Waals surface area (Å²) in [4.78, 5) is 11.4. The number of aliphatic hydroxyl groups is 2. The molecule has 0 radical (unpaired) electrons. The van der Waals surface area contributed by atoms with E-state index in [2.05, 4.69) is 4.74 Å². The van der Waals surface area contributed by atoms with Gasteiger partial charge in [0.05, 0.1) is 25.4 Å². The molecule has 0 heterocycles. The average Bonchev–Trinajstić information content (AvgIpc) is 2.36. The zero-order valence-electron chi connectivity index (χ0n) is 10.3. The average molecular weight is 238 g/mol. The Morgan fingerprint density at radius 1 is 1.47 bits per heavy atom. The van der Waals surface area contributed by atoms with Crippen molar-refractivity contribution in [3.63, 3.8) is 0 Å². The highest BCUT2D eigenvalue weighted by molar-refractivity contribution is 5.89. The van der Waals surface area contributed by atoms with Crippen molar-refractivity contribution in [1.29, 1.82) is 0 Å². The molecule has 0 aromatic heterocycles. The van der Waals surface area contributed by atoms with Crippen molar-refractivity contribution >= 4 is 5.97 Å². The van der Waals surface area contributed by atoms with Crippen LogP contribution < -0.4 is 0 Å². The van der Waals surface area contributed by atoms with Gasteiger partial charge in [0.1, 0.15) is 0 Å². The van der Waals surface area contributed by atoms with Crippen molar-refractivity contribution in [3.05, 3.63) is 35.4 Å². The molecule has 4 nitrogen and oxygen atoms in total. The summed E-state index contributed by atoms with van der Waals surface area (Å²) in [5.41, 5.74) is 0.587. The molecule has 0 aliphatic rings. The van der Waals surface area contributed by atoms with E-state index in [1.807, 2.05) is 19.9 Å². The van der Waals surface area contributed by atoms with Crippen LogP contribution in [0.5, 0.6) is 0 Å². The van der Waals surface area contributed by atoms with E-state index < -0.39 is 17.5 Å². The summed E-state index contributed by atoms with van der Waals surface area (Å²) in [5.74, 6) is -0.416. The number of hydrogen-bond donors (Lipinski definition) is 2. The van der Waals surface area contributed by atoms with Gasteiger partial charge >= 0.3 is 5.97 Å². The van der Waals surface area contributed by atoms with Gasteiger partial charge in [0.25, 0.3) is 0 Å². The van der Waals surface area contributed by atoms with Crippen molar-refractivity contribution in [1.82, 2.24) is 0 Å². The first-order valence-electron chi connectivity index (χ1n) is 5.41. The maximum absolute atomic E-state index is 11.4. The Kier molecular flexibility index (Phi) is 4.26. The zero-order chi connectivity index (χ0) is 13.1. The quantitative estimate of drug-likeness (QED) is 0.771. The first-order valence-corrected chi connectivity index (χ1v) is 5.41. The van der Waals surface area contributed by atoms with Gasteiger partial charge in [-0.05, 0) is 17.7 Å². The minimum atomic E-state index is -0.879. The van der Waals surface area contributed by atoms with Gasteiger partial charge in [0.2, 0.25) is 0 Å². The van der Waals surface area contributed by atoms with Crippen LogP contribution >= 0.6 is 0 Å². The standard InChI is InChI=1S/C13H18O4/c1-13(2,11(15)8-14)10-6-4-5-9(7-10)12(16)17-3/h4-7,11,14-15H,8H2,1-3H3. The van der Waals surface area contributed by atoms with E-state index in [-0.39, 0.29) is 6.61 Å². The highest BCUT2D eigenvalue weighted by Crippen LogP contribution is 2.27. The third-order valence-electron chi connectivity index (χ3n) is 3.03. The topological polar surface area (TPSA) is 66.8 Å². The molecule has 1 aromatic carbocycles. The molecule has 0 saturated carbocycles. The van der Waals surface area contributed by atoms with E-state index in [1.54, 1.807) is 18.2 Å². The Morgan fingerprint density at radius 2 is 2.12 bits per heavy atom. The molecular formula is C13H18O4. The largest absolute Gasteiger partial charge is 0.465 e. The fourth-order valence-corrected chi connectivity index (χ4v) is 1.59. The van der Waals surface area contributed by atoms with Crippen LogP contribution in [-0.4, -0.2) is 36.0 Å². The Morgan fingerprint density at radius 3 is 2.65 bits per heavy atom. The van der Waals surface area contributed by atoms with Crippen LogP contribution in [0.4, 0.5) is 0 Å². The lowest BCUT2D eigenvalue weighted by atomic mass is 9.79. The molecule has 0 saturated heterocycles. The smallest absolute Gasteiger partial charge is 0.337 e. The first-order chi connectivity index (χ1) is 7.93. The highest BCUT2D eigenvalue weighted by Gasteiger charge is 2.29. The minimum absolute atomic E-state index is 0.324. The van der Waals surface area contributed by atoms with Crippen LogP contribution in [0.15, 0.2) is 24.3 Å². The van der Waals surface area contributed by atoms with Gasteiger partial charge in [-0.2, -0.15) is 0 Å². The molecule has 1 aromatic rings. The lowest BCUT2D eigenvalue weighted by Gasteiger charge is -2.30. The molecule has 0 aliphatic carbocycles. The molecule has 0 spiro atoms. The summed E-state index contributed by atoms with van der Waals surface area (Å²) in [5, 5.41) is 18.8. The summed E-state index contributed by atoms with van der Waals surface area (Å²) in [6.07, 6.45) is -0.879. The molecule has 2 N–H and O–H groups in total. The van der Waals surface area contributed by atoms with Crippen LogP contribution in [0.25, 0.3) is 0 Å². The molecule has 0 fully saturated rings. The molecule has 1 unspecified atom stereocenters. The van der Waals surface area contributed by atoms with Crippen LogP contribution in [0.2, 0.25) is 0 Å². The van der Waals surface area contributed by atoms with Gasteiger partial charge in [-0.15, -0.1) is 0 Å². The fourth-order valence-electron chi connectivity index (χ4n) is 1.59. The van der Waals surface area contributed by atoms with E-state index in [0.717, 1.165) is 5.56 Å². The summed E-state index contributed by atoms with van der Waals surface area (Å²) in [6, 6.07) is 6.86. The molecule has 4 heteroatoms. The van der Waals surface area contributed by atoms with Crippen LogP contribution in [-0.2, 0) is 10.2 Å². The summed E-state index contributed by atoms with van der Waals surface area (Å²) in [6.45, 7) is 3.30. The van der Waals surface area contributed by atoms with E-state index >= 15 is 0 Å². The van der Waals surface area contributed by atoms with Gasteiger partial charge in [0, 0.05) is 5.41 Å². The first kappa shape index (κ1) is 13.7. The zero-order valence-corrected chi connectivity index (χ0v) is 10.3. The van der Waals surface area contributed by atoms with Crippen molar-refractivity contribution in [2.75, 3.05) is 13.7 Å². The molecule has 1 atom stereocenters. The second-order valence-electron chi connectivity index (χ2n) is 4.49. The monoisotopic (exact) mass is 238 g/mol. The molecule has 0 amide bonds. The number of aliphatic hydroxyl groups excluding tert-OH is 2. The predicted octanol–water partition coefficient (Wildman–Crippen LogP) is 1.10. The number of ether oxygens (including phenoxy) is 1. The van der Waals surface area contributed by atoms with Crippen molar-refractivity contribution in [3.8, 4) is 0 Å². The summed E-state index contributed by atoms with van der Waals surface area (Å²) < 4.78 is 4.64. The van der Waals surface area contributed by atoms with E-state index in [9.17, 15) is 9.90 Å². The predicted molar refractivity (Wildman–Crippen MR) is 63.9 cm³/mol. The highest BCUT2D eigenvalue weighted by atomic mass is 16.5. The summed E-state index contributed by atoms with van der Waals surface area (Å²) >= 11 is 0. The lowest BCUT2D eigenvalue weighted by Crippen LogP contribution is -2.36. The van der Waals surface area contributed by atoms with Gasteiger partial charge in [-0.25, -0.2) is 4.79 Å². The molecule has 94 valence electrons.